The van der Waals surface area contributed by atoms with Crippen molar-refractivity contribution in [1.82, 2.24) is 29.9 Å². The molecule has 9 aromatic rings. The van der Waals surface area contributed by atoms with Crippen molar-refractivity contribution in [3.05, 3.63) is 236 Å². The first-order chi connectivity index (χ1) is 33.7. The maximum atomic E-state index is 4.53. The van der Waals surface area contributed by atoms with Crippen LogP contribution in [-0.2, 0) is 40.2 Å². The SMILES string of the molecule is Cc1[c-]c(N2[CH-]N(c3ccccc3)c3nccnc32)cc(C)c1.Cc1cc(C)cc(N2[CH-]N(c3[c-]cccc3)c3nccnc32)c1.Cc1cc(C)cc(N2[CH-]N(c3[c-]cccc3)c3nccnc32)c1.Cl.[Ir].[Ir]. The molecule has 0 N–H and O–H groups in total. The maximum absolute atomic E-state index is 4.53. The summed E-state index contributed by atoms with van der Waals surface area (Å²) in [6, 6.07) is 53.0. The van der Waals surface area contributed by atoms with Crippen molar-refractivity contribution >= 4 is 81.4 Å². The minimum atomic E-state index is 0. The summed E-state index contributed by atoms with van der Waals surface area (Å²) in [5.74, 6) is 4.93. The predicted molar refractivity (Wildman–Crippen MR) is 283 cm³/mol. The Hall–Kier alpha value is -7.05. The zero-order chi connectivity index (χ0) is 47.4. The van der Waals surface area contributed by atoms with E-state index in [0.717, 1.165) is 74.6 Å². The molecule has 0 aliphatic carbocycles. The van der Waals surface area contributed by atoms with Gasteiger partial charge >= 0.3 is 0 Å². The Bertz CT molecular complexity index is 2840. The number of rotatable bonds is 6. The second-order valence-electron chi connectivity index (χ2n) is 16.9. The first-order valence-corrected chi connectivity index (χ1v) is 22.6. The number of para-hydroxylation sites is 3. The Morgan fingerprint density at radius 1 is 0.347 bits per heavy atom. The third-order valence-corrected chi connectivity index (χ3v) is 11.3. The summed E-state index contributed by atoms with van der Waals surface area (Å²) >= 11 is 0. The van der Waals surface area contributed by atoms with Gasteiger partial charge in [-0.25, -0.2) is 29.9 Å². The Morgan fingerprint density at radius 3 is 1.04 bits per heavy atom. The van der Waals surface area contributed by atoms with Gasteiger partial charge in [-0.2, -0.15) is 83.9 Å². The van der Waals surface area contributed by atoms with Gasteiger partial charge in [-0.1, -0.05) is 44.2 Å². The molecule has 15 heteroatoms. The second kappa shape index (κ2) is 23.5. The van der Waals surface area contributed by atoms with E-state index >= 15 is 0 Å². The Labute approximate surface area is 455 Å². The van der Waals surface area contributed by atoms with Crippen LogP contribution in [0.3, 0.4) is 0 Å². The molecular weight excluding hydrogens is 1270 g/mol. The van der Waals surface area contributed by atoms with Crippen molar-refractivity contribution in [3.63, 3.8) is 0 Å². The normalized spacial score (nSPS) is 12.8. The number of aromatic nitrogens is 6. The Kier molecular flexibility index (Phi) is 17.2. The van der Waals surface area contributed by atoms with E-state index in [-0.39, 0.29) is 52.6 Å². The van der Waals surface area contributed by atoms with Gasteiger partial charge in [0.25, 0.3) is 0 Å². The number of fused-ring (bicyclic) bond motifs is 3. The van der Waals surface area contributed by atoms with Gasteiger partial charge in [0.1, 0.15) is 34.9 Å². The van der Waals surface area contributed by atoms with Crippen LogP contribution in [0.5, 0.6) is 0 Å². The smallest absolute Gasteiger partial charge is 0.145 e. The molecule has 12 rings (SSSR count). The molecule has 368 valence electrons. The Balaban J connectivity index is 0.000000155. The molecule has 0 atom stereocenters. The van der Waals surface area contributed by atoms with Gasteiger partial charge in [0.15, 0.2) is 0 Å². The average molecular weight is 1320 g/mol. The van der Waals surface area contributed by atoms with Crippen molar-refractivity contribution in [2.75, 3.05) is 29.4 Å². The summed E-state index contributed by atoms with van der Waals surface area (Å²) in [6.45, 7) is 18.6. The van der Waals surface area contributed by atoms with Crippen LogP contribution < -0.4 is 29.4 Å². The summed E-state index contributed by atoms with van der Waals surface area (Å²) in [5.41, 5.74) is 13.3. The van der Waals surface area contributed by atoms with Crippen molar-refractivity contribution in [3.8, 4) is 0 Å². The monoisotopic (exact) mass is 1320 g/mol. The number of hydrogen-bond acceptors (Lipinski definition) is 12. The largest absolute Gasteiger partial charge is 0.477 e. The topological polar surface area (TPSA) is 96.8 Å². The fraction of sp³-hybridized carbons (Fsp3) is 0.105. The van der Waals surface area contributed by atoms with Crippen molar-refractivity contribution < 1.29 is 40.2 Å². The van der Waals surface area contributed by atoms with Crippen LogP contribution >= 0.6 is 12.4 Å². The van der Waals surface area contributed by atoms with E-state index in [1.165, 1.54) is 27.8 Å². The van der Waals surface area contributed by atoms with Gasteiger partial charge in [0.05, 0.1) is 0 Å². The maximum Gasteiger partial charge on any atom is 0.145 e. The molecule has 0 unspecified atom stereocenters. The Morgan fingerprint density at radius 2 is 0.681 bits per heavy atom. The van der Waals surface area contributed by atoms with E-state index in [9.17, 15) is 0 Å². The van der Waals surface area contributed by atoms with E-state index in [2.05, 4.69) is 160 Å². The molecular formula is C57H49ClIr2N12-6. The first kappa shape index (κ1) is 52.8. The van der Waals surface area contributed by atoms with Gasteiger partial charge < -0.3 is 29.4 Å². The van der Waals surface area contributed by atoms with Crippen LogP contribution in [0.4, 0.5) is 69.0 Å². The molecule has 3 aliphatic rings. The average Bonchev–Trinajstić information content (AvgIpc) is 4.07. The molecule has 0 spiro atoms. The van der Waals surface area contributed by atoms with E-state index < -0.39 is 0 Å². The predicted octanol–water partition coefficient (Wildman–Crippen LogP) is 13.3. The summed E-state index contributed by atoms with van der Waals surface area (Å²) in [7, 11) is 0. The van der Waals surface area contributed by atoms with Gasteiger partial charge in [0.2, 0.25) is 0 Å². The zero-order valence-corrected chi connectivity index (χ0v) is 45.9. The molecule has 72 heavy (non-hydrogen) atoms. The number of benzene rings is 6. The molecule has 2 radical (unpaired) electrons. The van der Waals surface area contributed by atoms with E-state index in [1.807, 2.05) is 106 Å². The third kappa shape index (κ3) is 11.3. The fourth-order valence-electron chi connectivity index (χ4n) is 8.60. The number of aryl methyl sites for hydroxylation is 6. The van der Waals surface area contributed by atoms with Crippen molar-refractivity contribution in [2.24, 2.45) is 0 Å². The molecule has 0 fully saturated rings. The molecule has 0 saturated carbocycles. The van der Waals surface area contributed by atoms with E-state index in [1.54, 1.807) is 37.2 Å². The standard InChI is InChI=1S/3C19H16N4.ClH.2Ir/c3*1-14-10-15(2)12-17(11-14)23-13-22(16-6-4-3-5-7-16)18-19(23)21-9-8-20-18;;;/h2*3-6,8-13H,1-2H3;3-11,13H,1-2H3;1H;;/q3*-2;;;. The fourth-order valence-corrected chi connectivity index (χ4v) is 8.60. The summed E-state index contributed by atoms with van der Waals surface area (Å²) in [6.07, 6.45) is 10.3. The van der Waals surface area contributed by atoms with Crippen molar-refractivity contribution in [2.45, 2.75) is 41.5 Å². The molecule has 12 nitrogen and oxygen atoms in total. The number of halogens is 1. The first-order valence-electron chi connectivity index (χ1n) is 22.6. The molecule has 3 aliphatic heterocycles. The molecule has 0 amide bonds. The number of hydrogen-bond donors (Lipinski definition) is 0. The van der Waals surface area contributed by atoms with Crippen molar-refractivity contribution in [1.29, 1.82) is 0 Å². The van der Waals surface area contributed by atoms with Gasteiger partial charge in [-0.05, 0) is 86.3 Å². The second-order valence-corrected chi connectivity index (χ2v) is 16.9. The van der Waals surface area contributed by atoms with Crippen LogP contribution in [0.25, 0.3) is 0 Å². The minimum Gasteiger partial charge on any atom is -0.477 e. The van der Waals surface area contributed by atoms with Crippen LogP contribution in [0.15, 0.2) is 165 Å². The summed E-state index contributed by atoms with van der Waals surface area (Å²) in [4.78, 5) is 39.4. The molecule has 6 aromatic carbocycles. The van der Waals surface area contributed by atoms with E-state index in [4.69, 9.17) is 0 Å². The molecule has 3 aromatic heterocycles. The van der Waals surface area contributed by atoms with Crippen LogP contribution in [-0.4, -0.2) is 29.9 Å². The van der Waals surface area contributed by atoms with Crippen LogP contribution in [0, 0.1) is 79.7 Å². The molecule has 6 heterocycles. The summed E-state index contributed by atoms with van der Waals surface area (Å²) in [5, 5.41) is 0. The summed E-state index contributed by atoms with van der Waals surface area (Å²) < 4.78 is 0. The third-order valence-electron chi connectivity index (χ3n) is 11.3. The van der Waals surface area contributed by atoms with Crippen LogP contribution in [0.2, 0.25) is 0 Å². The quantitative estimate of drug-likeness (QED) is 0.148. The van der Waals surface area contributed by atoms with Gasteiger partial charge in [-0.15, -0.1) is 55.5 Å². The van der Waals surface area contributed by atoms with E-state index in [0.29, 0.717) is 0 Å². The van der Waals surface area contributed by atoms with Crippen LogP contribution in [0.1, 0.15) is 33.4 Å². The minimum absolute atomic E-state index is 0. The zero-order valence-electron chi connectivity index (χ0n) is 40.3. The molecule has 0 bridgehead atoms. The van der Waals surface area contributed by atoms with Gasteiger partial charge in [-0.3, -0.25) is 0 Å². The number of nitrogens with zero attached hydrogens (tertiary/aromatic N) is 12. The molecule has 0 saturated heterocycles. The van der Waals surface area contributed by atoms with Gasteiger partial charge in [0, 0.05) is 94.5 Å². The number of anilines is 12.